The first kappa shape index (κ1) is 10.0. The second kappa shape index (κ2) is 3.93. The number of amides is 1. The maximum Gasteiger partial charge on any atom is 0.227 e. The molecule has 0 saturated heterocycles. The average molecular weight is 205 g/mol. The summed E-state index contributed by atoms with van der Waals surface area (Å²) in [4.78, 5) is 13.5. The summed E-state index contributed by atoms with van der Waals surface area (Å²) in [6.45, 7) is 2.82. The van der Waals surface area contributed by atoms with Crippen LogP contribution in [0.25, 0.3) is 0 Å². The van der Waals surface area contributed by atoms with Gasteiger partial charge in [-0.2, -0.15) is 0 Å². The zero-order valence-electron chi connectivity index (χ0n) is 8.86. The SMILES string of the molecule is CCCN1C(=O)CCc2cc(O)ccc21. The number of fused-ring (bicyclic) bond motifs is 1. The molecule has 0 aromatic heterocycles. The van der Waals surface area contributed by atoms with Crippen LogP contribution in [0.1, 0.15) is 25.3 Å². The van der Waals surface area contributed by atoms with E-state index in [4.69, 9.17) is 0 Å². The Bertz CT molecular complexity index is 387. The molecule has 0 fully saturated rings. The first-order chi connectivity index (χ1) is 7.22. The van der Waals surface area contributed by atoms with Gasteiger partial charge in [0.25, 0.3) is 0 Å². The van der Waals surface area contributed by atoms with E-state index in [1.807, 2.05) is 11.0 Å². The summed E-state index contributed by atoms with van der Waals surface area (Å²) >= 11 is 0. The fourth-order valence-electron chi connectivity index (χ4n) is 2.02. The fraction of sp³-hybridized carbons (Fsp3) is 0.417. The minimum atomic E-state index is 0.190. The maximum atomic E-state index is 11.7. The lowest BCUT2D eigenvalue weighted by molar-refractivity contribution is -0.118. The maximum absolute atomic E-state index is 11.7. The van der Waals surface area contributed by atoms with Gasteiger partial charge in [0.2, 0.25) is 5.91 Å². The van der Waals surface area contributed by atoms with Crippen molar-refractivity contribution in [2.75, 3.05) is 11.4 Å². The molecule has 0 unspecified atom stereocenters. The van der Waals surface area contributed by atoms with Gasteiger partial charge in [0, 0.05) is 18.7 Å². The zero-order valence-corrected chi connectivity index (χ0v) is 8.86. The number of anilines is 1. The molecule has 1 aromatic carbocycles. The van der Waals surface area contributed by atoms with Crippen LogP contribution in [0, 0.1) is 0 Å². The number of aryl methyl sites for hydroxylation is 1. The van der Waals surface area contributed by atoms with Crippen molar-refractivity contribution < 1.29 is 9.90 Å². The molecule has 0 saturated carbocycles. The van der Waals surface area contributed by atoms with Gasteiger partial charge in [0.1, 0.15) is 5.75 Å². The summed E-state index contributed by atoms with van der Waals surface area (Å²) in [5.41, 5.74) is 2.04. The van der Waals surface area contributed by atoms with Crippen LogP contribution in [0.4, 0.5) is 5.69 Å². The number of benzene rings is 1. The zero-order chi connectivity index (χ0) is 10.8. The van der Waals surface area contributed by atoms with Gasteiger partial charge in [0.15, 0.2) is 0 Å². The highest BCUT2D eigenvalue weighted by atomic mass is 16.3. The molecule has 1 aromatic rings. The van der Waals surface area contributed by atoms with Crippen molar-refractivity contribution in [3.63, 3.8) is 0 Å². The van der Waals surface area contributed by atoms with Crippen LogP contribution in [0.2, 0.25) is 0 Å². The van der Waals surface area contributed by atoms with Crippen molar-refractivity contribution in [3.05, 3.63) is 23.8 Å². The van der Waals surface area contributed by atoms with E-state index in [1.165, 1.54) is 0 Å². The first-order valence-electron chi connectivity index (χ1n) is 5.34. The van der Waals surface area contributed by atoms with Gasteiger partial charge in [0.05, 0.1) is 0 Å². The van der Waals surface area contributed by atoms with Gasteiger partial charge >= 0.3 is 0 Å². The van der Waals surface area contributed by atoms with Crippen molar-refractivity contribution in [1.29, 1.82) is 0 Å². The van der Waals surface area contributed by atoms with Crippen LogP contribution in [0.5, 0.6) is 5.75 Å². The minimum absolute atomic E-state index is 0.190. The summed E-state index contributed by atoms with van der Waals surface area (Å²) in [7, 11) is 0. The molecular formula is C12H15NO2. The molecular weight excluding hydrogens is 190 g/mol. The molecule has 1 aliphatic heterocycles. The lowest BCUT2D eigenvalue weighted by Gasteiger charge is -2.29. The Hall–Kier alpha value is -1.51. The van der Waals surface area contributed by atoms with Gasteiger partial charge in [-0.3, -0.25) is 4.79 Å². The van der Waals surface area contributed by atoms with E-state index in [0.29, 0.717) is 6.42 Å². The Morgan fingerprint density at radius 1 is 1.40 bits per heavy atom. The topological polar surface area (TPSA) is 40.5 Å². The summed E-state index contributed by atoms with van der Waals surface area (Å²) in [5.74, 6) is 0.467. The van der Waals surface area contributed by atoms with Crippen LogP contribution in [-0.2, 0) is 11.2 Å². The predicted molar refractivity (Wildman–Crippen MR) is 59.1 cm³/mol. The molecule has 1 N–H and O–H groups in total. The number of aromatic hydroxyl groups is 1. The average Bonchev–Trinajstić information content (AvgIpc) is 2.22. The molecule has 2 rings (SSSR count). The molecule has 15 heavy (non-hydrogen) atoms. The molecule has 80 valence electrons. The summed E-state index contributed by atoms with van der Waals surface area (Å²) in [6.07, 6.45) is 2.24. The van der Waals surface area contributed by atoms with E-state index in [9.17, 15) is 9.90 Å². The largest absolute Gasteiger partial charge is 0.508 e. The Balaban J connectivity index is 2.39. The standard InChI is InChI=1S/C12H15NO2/c1-2-7-13-11-5-4-10(14)8-9(11)3-6-12(13)15/h4-5,8,14H,2-3,6-7H2,1H3. The number of carbonyl (C=O) groups excluding carboxylic acids is 1. The van der Waals surface area contributed by atoms with E-state index in [2.05, 4.69) is 6.92 Å². The van der Waals surface area contributed by atoms with E-state index < -0.39 is 0 Å². The van der Waals surface area contributed by atoms with Crippen LogP contribution in [0.15, 0.2) is 18.2 Å². The van der Waals surface area contributed by atoms with Crippen LogP contribution in [0.3, 0.4) is 0 Å². The summed E-state index contributed by atoms with van der Waals surface area (Å²) in [5, 5.41) is 9.37. The highest BCUT2D eigenvalue weighted by molar-refractivity contribution is 5.96. The highest BCUT2D eigenvalue weighted by Gasteiger charge is 2.23. The quantitative estimate of drug-likeness (QED) is 0.803. The Kier molecular flexibility index (Phi) is 2.62. The second-order valence-electron chi connectivity index (χ2n) is 3.86. The van der Waals surface area contributed by atoms with Gasteiger partial charge in [-0.15, -0.1) is 0 Å². The van der Waals surface area contributed by atoms with Crippen LogP contribution >= 0.6 is 0 Å². The third kappa shape index (κ3) is 1.82. The number of nitrogens with zero attached hydrogens (tertiary/aromatic N) is 1. The summed E-state index contributed by atoms with van der Waals surface area (Å²) < 4.78 is 0. The Labute approximate surface area is 89.3 Å². The fourth-order valence-corrected chi connectivity index (χ4v) is 2.02. The number of hydrogen-bond acceptors (Lipinski definition) is 2. The molecule has 1 amide bonds. The second-order valence-corrected chi connectivity index (χ2v) is 3.86. The van der Waals surface area contributed by atoms with Gasteiger partial charge in [-0.05, 0) is 36.6 Å². The monoisotopic (exact) mass is 205 g/mol. The number of phenols is 1. The lowest BCUT2D eigenvalue weighted by Crippen LogP contribution is -2.35. The van der Waals surface area contributed by atoms with Crippen LogP contribution in [-0.4, -0.2) is 17.6 Å². The molecule has 1 heterocycles. The molecule has 0 spiro atoms. The Morgan fingerprint density at radius 3 is 2.93 bits per heavy atom. The van der Waals surface area contributed by atoms with Gasteiger partial charge in [-0.25, -0.2) is 0 Å². The first-order valence-corrected chi connectivity index (χ1v) is 5.34. The van der Waals surface area contributed by atoms with Gasteiger partial charge in [-0.1, -0.05) is 6.92 Å². The smallest absolute Gasteiger partial charge is 0.227 e. The normalized spacial score (nSPS) is 15.3. The van der Waals surface area contributed by atoms with Crippen molar-refractivity contribution in [3.8, 4) is 5.75 Å². The molecule has 3 nitrogen and oxygen atoms in total. The molecule has 3 heteroatoms. The Morgan fingerprint density at radius 2 is 2.20 bits per heavy atom. The van der Waals surface area contributed by atoms with Crippen LogP contribution < -0.4 is 4.90 Å². The molecule has 0 radical (unpaired) electrons. The predicted octanol–water partition coefficient (Wildman–Crippen LogP) is 2.08. The third-order valence-corrected chi connectivity index (χ3v) is 2.71. The lowest BCUT2D eigenvalue weighted by atomic mass is 10.0. The van der Waals surface area contributed by atoms with E-state index in [1.54, 1.807) is 12.1 Å². The van der Waals surface area contributed by atoms with Crippen molar-refractivity contribution >= 4 is 11.6 Å². The van der Waals surface area contributed by atoms with E-state index in [-0.39, 0.29) is 11.7 Å². The number of carbonyl (C=O) groups is 1. The molecule has 1 aliphatic rings. The van der Waals surface area contributed by atoms with Crippen molar-refractivity contribution in [1.82, 2.24) is 0 Å². The number of phenolic OH excluding ortho intramolecular Hbond substituents is 1. The molecule has 0 aliphatic carbocycles. The van der Waals surface area contributed by atoms with E-state index in [0.717, 1.165) is 30.6 Å². The molecule has 0 bridgehead atoms. The third-order valence-electron chi connectivity index (χ3n) is 2.71. The molecule has 0 atom stereocenters. The summed E-state index contributed by atoms with van der Waals surface area (Å²) in [6, 6.07) is 5.22. The minimum Gasteiger partial charge on any atom is -0.508 e. The van der Waals surface area contributed by atoms with Gasteiger partial charge < -0.3 is 10.0 Å². The van der Waals surface area contributed by atoms with Crippen molar-refractivity contribution in [2.24, 2.45) is 0 Å². The number of rotatable bonds is 2. The highest BCUT2D eigenvalue weighted by Crippen LogP contribution is 2.30. The number of hydrogen-bond donors (Lipinski definition) is 1. The van der Waals surface area contributed by atoms with Crippen molar-refractivity contribution in [2.45, 2.75) is 26.2 Å². The van der Waals surface area contributed by atoms with E-state index >= 15 is 0 Å².